The summed E-state index contributed by atoms with van der Waals surface area (Å²) in [4.78, 5) is 16.7. The van der Waals surface area contributed by atoms with Gasteiger partial charge in [0.25, 0.3) is 0 Å². The molecule has 4 aromatic rings. The first kappa shape index (κ1) is 26.8. The zero-order chi connectivity index (χ0) is 27.1. The van der Waals surface area contributed by atoms with Gasteiger partial charge in [-0.25, -0.2) is 9.07 Å². The van der Waals surface area contributed by atoms with Gasteiger partial charge in [-0.15, -0.1) is 5.10 Å². The van der Waals surface area contributed by atoms with Crippen LogP contribution in [0.4, 0.5) is 23.2 Å². The summed E-state index contributed by atoms with van der Waals surface area (Å²) >= 11 is 0. The first-order valence-electron chi connectivity index (χ1n) is 11.7. The molecule has 1 aromatic heterocycles. The molecule has 0 unspecified atom stereocenters. The van der Waals surface area contributed by atoms with E-state index in [4.69, 9.17) is 9.47 Å². The number of carbonyl (C=O) groups excluding carboxylic acids is 1. The van der Waals surface area contributed by atoms with Crippen LogP contribution in [0.15, 0.2) is 72.8 Å². The molecule has 0 aliphatic carbocycles. The fourth-order valence-corrected chi connectivity index (χ4v) is 3.57. The van der Waals surface area contributed by atoms with Crippen molar-refractivity contribution in [2.24, 2.45) is 0 Å². The first-order chi connectivity index (χ1) is 18.2. The minimum Gasteiger partial charge on any atom is -0.460 e. The predicted octanol–water partition coefficient (Wildman–Crippen LogP) is 5.69. The van der Waals surface area contributed by atoms with Gasteiger partial charge in [0.2, 0.25) is 5.91 Å². The van der Waals surface area contributed by atoms with Crippen LogP contribution in [0.2, 0.25) is 0 Å². The topological polar surface area (TPSA) is 78.3 Å². The number of carbonyl (C=O) groups is 1. The molecule has 0 atom stereocenters. The van der Waals surface area contributed by atoms with Crippen molar-refractivity contribution in [3.63, 3.8) is 0 Å². The van der Waals surface area contributed by atoms with E-state index in [9.17, 15) is 22.4 Å². The lowest BCUT2D eigenvalue weighted by Gasteiger charge is -2.10. The monoisotopic (exact) mass is 528 g/mol. The van der Waals surface area contributed by atoms with Crippen molar-refractivity contribution in [3.8, 4) is 23.1 Å². The standard InChI is InChI=1S/C27H24F4N4O3/c1-2-37-14-15-38-26-33-25(19-4-3-5-20(17-19)27(29,30)31)35(34-26)23-12-10-22(11-13-23)32-24(36)16-18-6-8-21(28)9-7-18/h3-13,17H,2,14-16H2,1H3,(H,32,36). The largest absolute Gasteiger partial charge is 0.460 e. The van der Waals surface area contributed by atoms with Crippen LogP contribution < -0.4 is 10.1 Å². The Morgan fingerprint density at radius 3 is 2.42 bits per heavy atom. The van der Waals surface area contributed by atoms with Crippen molar-refractivity contribution < 1.29 is 31.8 Å². The minimum atomic E-state index is -4.52. The molecule has 7 nitrogen and oxygen atoms in total. The van der Waals surface area contributed by atoms with E-state index in [2.05, 4.69) is 15.4 Å². The first-order valence-corrected chi connectivity index (χ1v) is 11.7. The molecule has 0 bridgehead atoms. The number of halogens is 4. The Kier molecular flexibility index (Phi) is 8.37. The van der Waals surface area contributed by atoms with Gasteiger partial charge >= 0.3 is 12.2 Å². The van der Waals surface area contributed by atoms with Crippen LogP contribution in [0, 0.1) is 5.82 Å². The average molecular weight is 529 g/mol. The Morgan fingerprint density at radius 2 is 1.74 bits per heavy atom. The number of nitrogens with zero attached hydrogens (tertiary/aromatic N) is 3. The van der Waals surface area contributed by atoms with Gasteiger partial charge in [0.15, 0.2) is 5.82 Å². The molecule has 1 N–H and O–H groups in total. The summed E-state index contributed by atoms with van der Waals surface area (Å²) < 4.78 is 65.2. The van der Waals surface area contributed by atoms with Gasteiger partial charge in [0, 0.05) is 17.9 Å². The maximum atomic E-state index is 13.3. The molecule has 0 saturated heterocycles. The lowest BCUT2D eigenvalue weighted by atomic mass is 10.1. The maximum Gasteiger partial charge on any atom is 0.416 e. The molecule has 0 spiro atoms. The highest BCUT2D eigenvalue weighted by Gasteiger charge is 2.31. The van der Waals surface area contributed by atoms with Crippen LogP contribution in [-0.4, -0.2) is 40.5 Å². The number of hydrogen-bond acceptors (Lipinski definition) is 5. The van der Waals surface area contributed by atoms with Crippen molar-refractivity contribution in [3.05, 3.63) is 89.7 Å². The fourth-order valence-electron chi connectivity index (χ4n) is 3.57. The van der Waals surface area contributed by atoms with Crippen LogP contribution in [0.1, 0.15) is 18.1 Å². The van der Waals surface area contributed by atoms with E-state index in [0.717, 1.165) is 12.1 Å². The molecule has 0 radical (unpaired) electrons. The van der Waals surface area contributed by atoms with E-state index < -0.39 is 11.7 Å². The fraction of sp³-hybridized carbons (Fsp3) is 0.222. The Labute approximate surface area is 216 Å². The van der Waals surface area contributed by atoms with Gasteiger partial charge < -0.3 is 14.8 Å². The van der Waals surface area contributed by atoms with Gasteiger partial charge in [0.1, 0.15) is 12.4 Å². The summed E-state index contributed by atoms with van der Waals surface area (Å²) in [5.41, 5.74) is 1.02. The van der Waals surface area contributed by atoms with Crippen LogP contribution in [0.3, 0.4) is 0 Å². The van der Waals surface area contributed by atoms with Crippen molar-refractivity contribution in [2.75, 3.05) is 25.1 Å². The van der Waals surface area contributed by atoms with Gasteiger partial charge in [0.05, 0.1) is 24.3 Å². The summed E-state index contributed by atoms with van der Waals surface area (Å²) in [6.45, 7) is 2.82. The molecule has 1 amide bonds. The molecule has 11 heteroatoms. The summed E-state index contributed by atoms with van der Waals surface area (Å²) in [5.74, 6) is -0.527. The summed E-state index contributed by atoms with van der Waals surface area (Å²) in [6, 6.07) is 16.9. The second-order valence-corrected chi connectivity index (χ2v) is 8.15. The molecule has 0 saturated carbocycles. The maximum absolute atomic E-state index is 13.3. The van der Waals surface area contributed by atoms with Gasteiger partial charge in [-0.1, -0.05) is 24.3 Å². The molecule has 0 fully saturated rings. The zero-order valence-corrected chi connectivity index (χ0v) is 20.3. The normalized spacial score (nSPS) is 11.4. The van der Waals surface area contributed by atoms with E-state index in [1.165, 1.54) is 41.1 Å². The number of hydrogen-bond donors (Lipinski definition) is 1. The third-order valence-electron chi connectivity index (χ3n) is 5.37. The minimum absolute atomic E-state index is 0.0196. The Hall–Kier alpha value is -4.25. The molecule has 1 heterocycles. The predicted molar refractivity (Wildman–Crippen MR) is 133 cm³/mol. The highest BCUT2D eigenvalue weighted by Crippen LogP contribution is 2.33. The smallest absolute Gasteiger partial charge is 0.416 e. The highest BCUT2D eigenvalue weighted by atomic mass is 19.4. The van der Waals surface area contributed by atoms with Crippen LogP contribution in [0.25, 0.3) is 17.1 Å². The summed E-state index contributed by atoms with van der Waals surface area (Å²) in [7, 11) is 0. The van der Waals surface area contributed by atoms with E-state index >= 15 is 0 Å². The highest BCUT2D eigenvalue weighted by molar-refractivity contribution is 5.92. The second-order valence-electron chi connectivity index (χ2n) is 8.15. The number of benzene rings is 3. The molecular formula is C27H24F4N4O3. The van der Waals surface area contributed by atoms with E-state index in [1.54, 1.807) is 24.3 Å². The number of amides is 1. The number of rotatable bonds is 10. The zero-order valence-electron chi connectivity index (χ0n) is 20.3. The Bertz CT molecular complexity index is 1370. The Balaban J connectivity index is 1.57. The second kappa shape index (κ2) is 11.9. The van der Waals surface area contributed by atoms with Crippen molar-refractivity contribution in [2.45, 2.75) is 19.5 Å². The number of aromatic nitrogens is 3. The molecule has 4 rings (SSSR count). The van der Waals surface area contributed by atoms with Crippen molar-refractivity contribution in [1.29, 1.82) is 0 Å². The van der Waals surface area contributed by atoms with E-state index in [-0.39, 0.29) is 42.2 Å². The summed E-state index contributed by atoms with van der Waals surface area (Å²) in [6.07, 6.45) is -4.46. The number of nitrogens with one attached hydrogen (secondary N) is 1. The van der Waals surface area contributed by atoms with Crippen LogP contribution >= 0.6 is 0 Å². The van der Waals surface area contributed by atoms with Gasteiger partial charge in [-0.3, -0.25) is 4.79 Å². The number of anilines is 1. The van der Waals surface area contributed by atoms with Crippen molar-refractivity contribution in [1.82, 2.24) is 14.8 Å². The molecule has 3 aromatic carbocycles. The van der Waals surface area contributed by atoms with Crippen LogP contribution in [-0.2, 0) is 22.1 Å². The lowest BCUT2D eigenvalue weighted by molar-refractivity contribution is -0.137. The van der Waals surface area contributed by atoms with Crippen molar-refractivity contribution >= 4 is 11.6 Å². The van der Waals surface area contributed by atoms with E-state index in [1.807, 2.05) is 6.92 Å². The molecular weight excluding hydrogens is 504 g/mol. The molecule has 38 heavy (non-hydrogen) atoms. The van der Waals surface area contributed by atoms with Gasteiger partial charge in [-0.2, -0.15) is 18.2 Å². The SMILES string of the molecule is CCOCCOc1nc(-c2cccc(C(F)(F)F)c2)n(-c2ccc(NC(=O)Cc3ccc(F)cc3)cc2)n1. The lowest BCUT2D eigenvalue weighted by Crippen LogP contribution is -2.14. The van der Waals surface area contributed by atoms with Crippen LogP contribution in [0.5, 0.6) is 6.01 Å². The summed E-state index contributed by atoms with van der Waals surface area (Å²) in [5, 5.41) is 7.09. The number of ether oxygens (including phenoxy) is 2. The van der Waals surface area contributed by atoms with Gasteiger partial charge in [-0.05, 0) is 61.0 Å². The third kappa shape index (κ3) is 6.94. The quantitative estimate of drug-likeness (QED) is 0.211. The number of alkyl halides is 3. The Morgan fingerprint density at radius 1 is 1.00 bits per heavy atom. The molecule has 0 aliphatic rings. The van der Waals surface area contributed by atoms with E-state index in [0.29, 0.717) is 30.2 Å². The molecule has 0 aliphatic heterocycles. The average Bonchev–Trinajstić information content (AvgIpc) is 3.32. The molecule has 198 valence electrons. The third-order valence-corrected chi connectivity index (χ3v) is 5.37.